The van der Waals surface area contributed by atoms with Crippen LogP contribution in [0.5, 0.6) is 23.0 Å². The average molecular weight is 483 g/mol. The minimum Gasteiger partial charge on any atom is -0.502 e. The van der Waals surface area contributed by atoms with E-state index in [9.17, 15) is 9.90 Å². The molecule has 0 aliphatic heterocycles. The summed E-state index contributed by atoms with van der Waals surface area (Å²) in [4.78, 5) is 12.5. The molecule has 4 aromatic carbocycles. The Hall–Kier alpha value is -4.78. The molecule has 4 rings (SSSR count). The predicted octanol–water partition coefficient (Wildman–Crippen LogP) is 5.42. The van der Waals surface area contributed by atoms with Crippen molar-refractivity contribution < 1.29 is 24.1 Å². The van der Waals surface area contributed by atoms with E-state index in [-0.39, 0.29) is 23.2 Å². The number of nitrogens with zero attached hydrogens (tertiary/aromatic N) is 1. The number of hydrazone groups is 1. The Morgan fingerprint density at radius 2 is 1.50 bits per heavy atom. The first-order valence-electron chi connectivity index (χ1n) is 11.2. The molecule has 0 atom stereocenters. The number of carbonyl (C=O) groups is 1. The number of aromatic hydroxyl groups is 1. The van der Waals surface area contributed by atoms with Gasteiger partial charge in [0.1, 0.15) is 12.4 Å². The fourth-order valence-electron chi connectivity index (χ4n) is 3.58. The summed E-state index contributed by atoms with van der Waals surface area (Å²) in [6.07, 6.45) is 1.44. The van der Waals surface area contributed by atoms with Gasteiger partial charge < -0.3 is 19.3 Å². The van der Waals surface area contributed by atoms with Gasteiger partial charge in [-0.15, -0.1) is 0 Å². The number of methoxy groups -OCH3 is 2. The average Bonchev–Trinajstić information content (AvgIpc) is 2.93. The van der Waals surface area contributed by atoms with E-state index in [1.807, 2.05) is 66.7 Å². The molecule has 0 aromatic heterocycles. The number of carbonyl (C=O) groups excluding carboxylic acids is 1. The number of rotatable bonds is 9. The quantitative estimate of drug-likeness (QED) is 0.246. The first-order valence-corrected chi connectivity index (χ1v) is 11.2. The van der Waals surface area contributed by atoms with Crippen LogP contribution >= 0.6 is 0 Å². The van der Waals surface area contributed by atoms with Gasteiger partial charge in [0.15, 0.2) is 11.5 Å². The maximum atomic E-state index is 12.5. The van der Waals surface area contributed by atoms with Gasteiger partial charge in [0.05, 0.1) is 20.4 Å². The number of hydrogen-bond donors (Lipinski definition) is 2. The van der Waals surface area contributed by atoms with Crippen molar-refractivity contribution in [3.63, 3.8) is 0 Å². The minimum absolute atomic E-state index is 0.103. The minimum atomic E-state index is -0.356. The zero-order chi connectivity index (χ0) is 25.3. The molecule has 2 N–H and O–H groups in total. The maximum Gasteiger partial charge on any atom is 0.271 e. The lowest BCUT2D eigenvalue weighted by Crippen LogP contribution is -2.17. The second-order valence-electron chi connectivity index (χ2n) is 7.82. The highest BCUT2D eigenvalue weighted by atomic mass is 16.5. The Balaban J connectivity index is 1.37. The molecule has 7 heteroatoms. The molecule has 36 heavy (non-hydrogen) atoms. The molecule has 0 bridgehead atoms. The number of para-hydroxylation sites is 1. The highest BCUT2D eigenvalue weighted by molar-refractivity contribution is 5.95. The van der Waals surface area contributed by atoms with Crippen LogP contribution in [0.1, 0.15) is 21.5 Å². The van der Waals surface area contributed by atoms with E-state index in [1.165, 1.54) is 20.4 Å². The molecule has 0 fully saturated rings. The molecule has 0 spiro atoms. The summed E-state index contributed by atoms with van der Waals surface area (Å²) in [6, 6.07) is 28.3. The molecule has 0 saturated heterocycles. The molecule has 0 unspecified atom stereocenters. The van der Waals surface area contributed by atoms with Gasteiger partial charge in [-0.25, -0.2) is 5.43 Å². The van der Waals surface area contributed by atoms with E-state index < -0.39 is 0 Å². The Morgan fingerprint density at radius 3 is 2.17 bits per heavy atom. The lowest BCUT2D eigenvalue weighted by Gasteiger charge is -2.12. The summed E-state index contributed by atoms with van der Waals surface area (Å²) in [6.45, 7) is 0.369. The monoisotopic (exact) mass is 482 g/mol. The molecular formula is C29H26N2O5. The van der Waals surface area contributed by atoms with Gasteiger partial charge >= 0.3 is 0 Å². The van der Waals surface area contributed by atoms with E-state index in [0.717, 1.165) is 22.4 Å². The van der Waals surface area contributed by atoms with Gasteiger partial charge in [-0.3, -0.25) is 4.79 Å². The molecule has 7 nitrogen and oxygen atoms in total. The first kappa shape index (κ1) is 24.3. The summed E-state index contributed by atoms with van der Waals surface area (Å²) in [7, 11) is 2.88. The molecule has 0 radical (unpaired) electrons. The number of amides is 1. The van der Waals surface area contributed by atoms with Crippen LogP contribution < -0.4 is 19.6 Å². The summed E-state index contributed by atoms with van der Waals surface area (Å²) in [5.41, 5.74) is 6.59. The van der Waals surface area contributed by atoms with Crippen LogP contribution in [0.2, 0.25) is 0 Å². The molecule has 0 aliphatic carbocycles. The summed E-state index contributed by atoms with van der Waals surface area (Å²) >= 11 is 0. The van der Waals surface area contributed by atoms with Crippen molar-refractivity contribution in [3.8, 4) is 34.1 Å². The normalized spacial score (nSPS) is 10.7. The van der Waals surface area contributed by atoms with E-state index in [2.05, 4.69) is 10.5 Å². The molecule has 182 valence electrons. The van der Waals surface area contributed by atoms with E-state index in [1.54, 1.807) is 24.3 Å². The van der Waals surface area contributed by atoms with Gasteiger partial charge in [0.25, 0.3) is 5.91 Å². The highest BCUT2D eigenvalue weighted by Gasteiger charge is 2.11. The van der Waals surface area contributed by atoms with Gasteiger partial charge in [-0.1, -0.05) is 60.7 Å². The number of phenolic OH excluding ortho intramolecular Hbond substituents is 1. The van der Waals surface area contributed by atoms with Crippen LogP contribution in [0.4, 0.5) is 0 Å². The van der Waals surface area contributed by atoms with Crippen LogP contribution in [0, 0.1) is 0 Å². The highest BCUT2D eigenvalue weighted by Crippen LogP contribution is 2.36. The summed E-state index contributed by atoms with van der Waals surface area (Å²) in [5, 5.41) is 14.0. The third-order valence-corrected chi connectivity index (χ3v) is 5.46. The first-order chi connectivity index (χ1) is 17.6. The molecule has 4 aromatic rings. The Kier molecular flexibility index (Phi) is 7.83. The van der Waals surface area contributed by atoms with Crippen molar-refractivity contribution in [2.75, 3.05) is 14.2 Å². The van der Waals surface area contributed by atoms with Crippen LogP contribution in [-0.2, 0) is 6.61 Å². The summed E-state index contributed by atoms with van der Waals surface area (Å²) < 4.78 is 16.3. The SMILES string of the molecule is COc1cc(C=NNC(=O)c2ccc(COc3ccccc3-c3ccccc3)cc2)cc(OC)c1O. The van der Waals surface area contributed by atoms with Crippen molar-refractivity contribution in [1.29, 1.82) is 0 Å². The number of benzene rings is 4. The summed E-state index contributed by atoms with van der Waals surface area (Å²) in [5.74, 6) is 0.819. The van der Waals surface area contributed by atoms with Crippen LogP contribution in [0.3, 0.4) is 0 Å². The fourth-order valence-corrected chi connectivity index (χ4v) is 3.58. The lowest BCUT2D eigenvalue weighted by atomic mass is 10.0. The second-order valence-corrected chi connectivity index (χ2v) is 7.82. The van der Waals surface area contributed by atoms with Gasteiger partial charge in [-0.2, -0.15) is 5.10 Å². The van der Waals surface area contributed by atoms with Crippen LogP contribution in [0.25, 0.3) is 11.1 Å². The fraction of sp³-hybridized carbons (Fsp3) is 0.103. The molecule has 0 heterocycles. The van der Waals surface area contributed by atoms with Crippen molar-refractivity contribution in [1.82, 2.24) is 5.43 Å². The molecule has 0 aliphatic rings. The Morgan fingerprint density at radius 1 is 0.861 bits per heavy atom. The lowest BCUT2D eigenvalue weighted by molar-refractivity contribution is 0.0955. The number of nitrogens with one attached hydrogen (secondary N) is 1. The molecule has 1 amide bonds. The smallest absolute Gasteiger partial charge is 0.271 e. The maximum absolute atomic E-state index is 12.5. The van der Waals surface area contributed by atoms with Crippen molar-refractivity contribution in [3.05, 3.63) is 108 Å². The number of ether oxygens (including phenoxy) is 3. The molecular weight excluding hydrogens is 456 g/mol. The van der Waals surface area contributed by atoms with E-state index in [4.69, 9.17) is 14.2 Å². The van der Waals surface area contributed by atoms with E-state index >= 15 is 0 Å². The zero-order valence-electron chi connectivity index (χ0n) is 20.0. The van der Waals surface area contributed by atoms with Gasteiger partial charge in [-0.05, 0) is 41.5 Å². The standard InChI is InChI=1S/C29H26N2O5/c1-34-26-16-21(17-27(35-2)28(26)32)18-30-31-29(33)23-14-12-20(13-15-23)19-36-25-11-7-6-10-24(25)22-8-4-3-5-9-22/h3-18,32H,19H2,1-2H3,(H,31,33). The Bertz CT molecular complexity index is 1330. The third kappa shape index (κ3) is 5.82. The van der Waals surface area contributed by atoms with E-state index in [0.29, 0.717) is 17.7 Å². The topological polar surface area (TPSA) is 89.4 Å². The Labute approximate surface area is 209 Å². The number of hydrogen-bond acceptors (Lipinski definition) is 6. The second kappa shape index (κ2) is 11.6. The van der Waals surface area contributed by atoms with Gasteiger partial charge in [0.2, 0.25) is 5.75 Å². The number of phenols is 1. The van der Waals surface area contributed by atoms with Crippen molar-refractivity contribution in [2.24, 2.45) is 5.10 Å². The largest absolute Gasteiger partial charge is 0.502 e. The third-order valence-electron chi connectivity index (χ3n) is 5.46. The van der Waals surface area contributed by atoms with Crippen molar-refractivity contribution in [2.45, 2.75) is 6.61 Å². The molecule has 0 saturated carbocycles. The predicted molar refractivity (Wildman–Crippen MR) is 139 cm³/mol. The van der Waals surface area contributed by atoms with Crippen molar-refractivity contribution >= 4 is 12.1 Å². The zero-order valence-corrected chi connectivity index (χ0v) is 20.0. The van der Waals surface area contributed by atoms with Crippen LogP contribution in [0.15, 0.2) is 96.1 Å². The van der Waals surface area contributed by atoms with Crippen LogP contribution in [-0.4, -0.2) is 31.4 Å². The van der Waals surface area contributed by atoms with Gasteiger partial charge in [0, 0.05) is 16.7 Å².